The van der Waals surface area contributed by atoms with E-state index < -0.39 is 56.9 Å². The lowest BCUT2D eigenvalue weighted by molar-refractivity contribution is 0.0698. The minimum Gasteiger partial charge on any atom is -0.506 e. The number of aromatic hydroxyl groups is 2. The molecule has 2 aliphatic rings. The topological polar surface area (TPSA) is 531 Å². The maximum Gasteiger partial charge on any atom is 0.337 e. The summed E-state index contributed by atoms with van der Waals surface area (Å²) in [6.45, 7) is 8.42. The van der Waals surface area contributed by atoms with Crippen LogP contribution < -0.4 is 111 Å². The van der Waals surface area contributed by atoms with E-state index in [1.165, 1.54) is 75.8 Å². The zero-order valence-electron chi connectivity index (χ0n) is 71.7. The Hall–Kier alpha value is -17.5. The minimum atomic E-state index is -1.71. The molecule has 1 aliphatic carbocycles. The predicted octanol–water partition coefficient (Wildman–Crippen LogP) is 21.7. The predicted molar refractivity (Wildman–Crippen MR) is 524 cm³/mol. The first-order valence-electron chi connectivity index (χ1n) is 40.2. The van der Waals surface area contributed by atoms with Gasteiger partial charge in [-0.05, 0) is 307 Å². The van der Waals surface area contributed by atoms with Crippen LogP contribution in [0.1, 0.15) is 54.9 Å². The number of hydrogen-bond acceptors (Lipinski definition) is 23. The van der Waals surface area contributed by atoms with Crippen molar-refractivity contribution < 1.29 is 61.0 Å². The summed E-state index contributed by atoms with van der Waals surface area (Å²) in [5.41, 5.74) is 109. The standard InChI is InChI=1S/C25H20N2O2.C18H16N2O2.C16H20N2.C12H10F2N2.C12H10N2O2.C7H8N2O2.C6H4ClF3N2.C6H8N2/c26-21-13-15(9-11-23(21)28)25(16-10-12-24(29)22(27)14-16)19-7-3-1-5-17(19)18-6-2-4-8-20(18)25;19-13-4-8-15(9-5-13)21-17-2-1-3-18(12-17)22-16-10-6-14(20)7-11-16;1-9-5-13(17)6-10(2)15(9)16-11(3)7-14(18)8-12(16)4;13-11-5-7(15)1-3-9(11)10-4-2-8(16)6-12(10)14;13-7-1-3-9-11(5-7)16-10-4-2-8(14)6-12(10)15-9;8-4-1-2-5(7(10)11)6(9)3-4;7-1-5(11)3(9)2(8)4(10)6(1)12;7-5-1-2-6(8)4-3-5/h1-14,28-29H,26-27H2;1-12H,19-20H2;5-8H,17-18H2,1-4H3;1-6H,15-16H2;1-6H,13-14H2;1-3H,8-9H2,(H,10,11);11-12H2;1-4H,7-8H2. The Balaban J connectivity index is 0.000000149. The van der Waals surface area contributed by atoms with E-state index in [9.17, 15) is 37.0 Å². The Bertz CT molecular complexity index is 6410. The summed E-state index contributed by atoms with van der Waals surface area (Å²) in [4.78, 5) is 10.4. The third-order valence-electron chi connectivity index (χ3n) is 20.5. The summed E-state index contributed by atoms with van der Waals surface area (Å²) in [6, 6.07) is 87.4. The summed E-state index contributed by atoms with van der Waals surface area (Å²) >= 11 is 5.26. The van der Waals surface area contributed by atoms with Crippen molar-refractivity contribution in [3.05, 3.63) is 381 Å². The van der Waals surface area contributed by atoms with Crippen LogP contribution >= 0.6 is 11.6 Å². The molecule has 30 heteroatoms. The number of anilines is 16. The molecule has 0 saturated carbocycles. The Morgan fingerprint density at radius 2 is 0.644 bits per heavy atom. The molecule has 1 heterocycles. The van der Waals surface area contributed by atoms with Crippen LogP contribution in [0.4, 0.5) is 113 Å². The highest BCUT2D eigenvalue weighted by Crippen LogP contribution is 2.57. The highest BCUT2D eigenvalue weighted by Gasteiger charge is 2.46. The lowest BCUT2D eigenvalue weighted by Gasteiger charge is -2.34. The number of hydrogen-bond donors (Lipinski definition) is 19. The number of aryl methyl sites for hydroxylation is 4. The van der Waals surface area contributed by atoms with Crippen molar-refractivity contribution in [2.24, 2.45) is 0 Å². The second-order valence-corrected chi connectivity index (χ2v) is 30.6. The van der Waals surface area contributed by atoms with E-state index in [0.29, 0.717) is 85.7 Å². The molecule has 0 saturated heterocycles. The number of nitrogen functional groups attached to an aromatic ring is 16. The summed E-state index contributed by atoms with van der Waals surface area (Å²) in [7, 11) is 0. The number of fused-ring (bicyclic) bond motifs is 5. The van der Waals surface area contributed by atoms with E-state index in [2.05, 4.69) is 52.0 Å². The summed E-state index contributed by atoms with van der Waals surface area (Å²) in [6.07, 6.45) is 0. The molecule has 674 valence electrons. The van der Waals surface area contributed by atoms with Crippen molar-refractivity contribution in [3.8, 4) is 90.9 Å². The summed E-state index contributed by atoms with van der Waals surface area (Å²) in [5.74, 6) is -1.44. The Morgan fingerprint density at radius 3 is 1.00 bits per heavy atom. The molecule has 0 aromatic heterocycles. The van der Waals surface area contributed by atoms with Crippen LogP contribution in [0.3, 0.4) is 0 Å². The molecule has 0 amide bonds. The van der Waals surface area contributed by atoms with Gasteiger partial charge in [0.25, 0.3) is 0 Å². The monoisotopic (exact) mass is 1800 g/mol. The van der Waals surface area contributed by atoms with E-state index >= 15 is 0 Å². The molecule has 16 aromatic carbocycles. The quantitative estimate of drug-likeness (QED) is 0.0210. The van der Waals surface area contributed by atoms with Crippen LogP contribution in [0.5, 0.6) is 57.5 Å². The molecule has 24 nitrogen and oxygen atoms in total. The van der Waals surface area contributed by atoms with Gasteiger partial charge in [-0.25, -0.2) is 26.7 Å². The maximum atomic E-state index is 13.5. The average molecular weight is 1800 g/mol. The van der Waals surface area contributed by atoms with Crippen LogP contribution in [0.2, 0.25) is 5.02 Å². The van der Waals surface area contributed by atoms with E-state index in [1.54, 1.807) is 97.1 Å². The van der Waals surface area contributed by atoms with Gasteiger partial charge in [-0.15, -0.1) is 0 Å². The largest absolute Gasteiger partial charge is 0.506 e. The van der Waals surface area contributed by atoms with E-state index in [4.69, 9.17) is 127 Å². The van der Waals surface area contributed by atoms with Gasteiger partial charge >= 0.3 is 5.97 Å². The van der Waals surface area contributed by atoms with Gasteiger partial charge in [0, 0.05) is 97.6 Å². The number of carboxylic acid groups (broad SMARTS) is 1. The summed E-state index contributed by atoms with van der Waals surface area (Å²) in [5, 5.41) is 28.1. The molecule has 18 rings (SSSR count). The zero-order valence-corrected chi connectivity index (χ0v) is 72.4. The van der Waals surface area contributed by atoms with Crippen molar-refractivity contribution in [3.63, 3.8) is 0 Å². The van der Waals surface area contributed by atoms with Crippen molar-refractivity contribution in [2.45, 2.75) is 33.1 Å². The number of nitrogens with two attached hydrogens (primary N) is 16. The molecular formula is C102H96ClF5N16O8. The smallest absolute Gasteiger partial charge is 0.337 e. The third kappa shape index (κ3) is 22.8. The van der Waals surface area contributed by atoms with Crippen molar-refractivity contribution >= 4 is 109 Å². The van der Waals surface area contributed by atoms with Crippen molar-refractivity contribution in [1.82, 2.24) is 0 Å². The van der Waals surface area contributed by atoms with Crippen molar-refractivity contribution in [1.29, 1.82) is 0 Å². The molecule has 0 fully saturated rings. The number of phenolic OH excluding ortho intramolecular Hbond substituents is 2. The van der Waals surface area contributed by atoms with Gasteiger partial charge in [0.2, 0.25) is 0 Å². The molecule has 16 aromatic rings. The van der Waals surface area contributed by atoms with Gasteiger partial charge in [0.05, 0.1) is 38.8 Å². The Labute approximate surface area is 762 Å². The van der Waals surface area contributed by atoms with Crippen LogP contribution in [0.15, 0.2) is 297 Å². The number of carboxylic acids is 1. The molecule has 35 N–H and O–H groups in total. The molecular weight excluding hydrogens is 1710 g/mol. The van der Waals surface area contributed by atoms with Gasteiger partial charge in [0.15, 0.2) is 40.4 Å². The van der Waals surface area contributed by atoms with Crippen LogP contribution in [0, 0.1) is 56.8 Å². The fourth-order valence-electron chi connectivity index (χ4n) is 14.4. The van der Waals surface area contributed by atoms with Gasteiger partial charge in [-0.3, -0.25) is 0 Å². The third-order valence-corrected chi connectivity index (χ3v) is 20.9. The van der Waals surface area contributed by atoms with E-state index in [-0.39, 0.29) is 33.9 Å². The number of halogens is 6. The van der Waals surface area contributed by atoms with Crippen molar-refractivity contribution in [2.75, 3.05) is 91.7 Å². The number of phenols is 2. The first kappa shape index (κ1) is 95.2. The fourth-order valence-corrected chi connectivity index (χ4v) is 14.5. The second kappa shape index (κ2) is 41.8. The average Bonchev–Trinajstić information content (AvgIpc) is 1.53. The maximum absolute atomic E-state index is 13.5. The number of benzene rings is 16. The lowest BCUT2D eigenvalue weighted by atomic mass is 9.67. The molecule has 1 aliphatic heterocycles. The molecule has 0 unspecified atom stereocenters. The van der Waals surface area contributed by atoms with Gasteiger partial charge in [-0.1, -0.05) is 78.3 Å². The van der Waals surface area contributed by atoms with Gasteiger partial charge < -0.3 is 126 Å². The first-order chi connectivity index (χ1) is 62.8. The normalized spacial score (nSPS) is 11.1. The Morgan fingerprint density at radius 1 is 0.311 bits per heavy atom. The minimum absolute atomic E-state index is 0.0497. The molecule has 0 spiro atoms. The van der Waals surface area contributed by atoms with E-state index in [1.807, 2.05) is 121 Å². The number of rotatable bonds is 9. The zero-order chi connectivity index (χ0) is 95.7. The number of carbonyl (C=O) groups is 1. The highest BCUT2D eigenvalue weighted by molar-refractivity contribution is 6.35. The molecule has 132 heavy (non-hydrogen) atoms. The summed E-state index contributed by atoms with van der Waals surface area (Å²) < 4.78 is 87.5. The van der Waals surface area contributed by atoms with Gasteiger partial charge in [-0.2, -0.15) is 0 Å². The SMILES string of the molecule is Cc1cc(N)cc(C)c1-c1c(C)cc(N)cc1C.Nc1c(F)c(F)c(F)c(N)c1Cl.Nc1cc(C2(c3ccc(O)c(N)c3)c3ccccc3-c3ccccc32)ccc1O.Nc1ccc(-c2ccc(N)cc2F)c(F)c1.Nc1ccc(C(=O)O)c(N)c1.Nc1ccc(N)cc1.Nc1ccc(Oc2cccc(Oc3ccc(N)cc3)c2)cc1.Nc1ccc2c(c1)Oc1ccc(N)cc1O2. The van der Waals surface area contributed by atoms with E-state index in [0.717, 1.165) is 79.8 Å². The molecule has 0 atom stereocenters. The van der Waals surface area contributed by atoms with Gasteiger partial charge in [0.1, 0.15) is 46.1 Å². The Kier molecular flexibility index (Phi) is 30.1. The van der Waals surface area contributed by atoms with Crippen LogP contribution in [-0.4, -0.2) is 21.3 Å². The first-order valence-corrected chi connectivity index (χ1v) is 40.6. The fraction of sp³-hybridized carbons (Fsp3) is 0.0490. The molecule has 0 bridgehead atoms. The molecule has 0 radical (unpaired) electrons. The number of aromatic carboxylic acids is 1. The second-order valence-electron chi connectivity index (χ2n) is 30.3. The number of ether oxygens (including phenoxy) is 4. The van der Waals surface area contributed by atoms with Crippen LogP contribution in [0.25, 0.3) is 33.4 Å². The lowest BCUT2D eigenvalue weighted by Crippen LogP contribution is -2.28. The van der Waals surface area contributed by atoms with Crippen LogP contribution in [-0.2, 0) is 5.41 Å². The highest BCUT2D eigenvalue weighted by atomic mass is 35.5.